The predicted octanol–water partition coefficient (Wildman–Crippen LogP) is 5.09. The fraction of sp³-hybridized carbons (Fsp3) is 0.393. The van der Waals surface area contributed by atoms with Gasteiger partial charge in [-0.3, -0.25) is 9.48 Å². The van der Waals surface area contributed by atoms with Gasteiger partial charge < -0.3 is 9.64 Å². The zero-order valence-electron chi connectivity index (χ0n) is 20.1. The lowest BCUT2D eigenvalue weighted by Gasteiger charge is -2.33. The lowest BCUT2D eigenvalue weighted by atomic mass is 10.0. The summed E-state index contributed by atoms with van der Waals surface area (Å²) in [6, 6.07) is 20.5. The van der Waals surface area contributed by atoms with Crippen molar-refractivity contribution in [3.63, 3.8) is 0 Å². The summed E-state index contributed by atoms with van der Waals surface area (Å²) in [6.45, 7) is 5.63. The third-order valence-corrected chi connectivity index (χ3v) is 6.51. The van der Waals surface area contributed by atoms with E-state index in [0.29, 0.717) is 31.8 Å². The number of piperidine rings is 1. The fourth-order valence-corrected chi connectivity index (χ4v) is 4.52. The second-order valence-corrected chi connectivity index (χ2v) is 8.73. The van der Waals surface area contributed by atoms with Crippen molar-refractivity contribution in [2.45, 2.75) is 52.0 Å². The average molecular weight is 460 g/mol. The molecule has 1 aliphatic heterocycles. The van der Waals surface area contributed by atoms with E-state index in [9.17, 15) is 9.59 Å². The molecule has 34 heavy (non-hydrogen) atoms. The molecule has 0 N–H and O–H groups in total. The molecule has 6 heteroatoms. The molecule has 1 saturated heterocycles. The van der Waals surface area contributed by atoms with E-state index in [-0.39, 0.29) is 11.9 Å². The number of carbonyl (C=O) groups excluding carboxylic acids is 2. The normalized spacial score (nSPS) is 14.2. The van der Waals surface area contributed by atoms with E-state index in [2.05, 4.69) is 48.4 Å². The molecule has 0 spiro atoms. The third kappa shape index (κ3) is 5.56. The monoisotopic (exact) mass is 459 g/mol. The molecule has 6 nitrogen and oxygen atoms in total. The van der Waals surface area contributed by atoms with Crippen molar-refractivity contribution in [2.75, 3.05) is 19.7 Å². The average Bonchev–Trinajstić information content (AvgIpc) is 3.34. The Morgan fingerprint density at radius 1 is 0.971 bits per heavy atom. The molecular weight excluding hydrogens is 426 g/mol. The molecule has 178 valence electrons. The maximum Gasteiger partial charge on any atom is 0.358 e. The van der Waals surface area contributed by atoms with Crippen LogP contribution in [0.1, 0.15) is 60.8 Å². The summed E-state index contributed by atoms with van der Waals surface area (Å²) in [5.74, 6) is -0.202. The van der Waals surface area contributed by atoms with Crippen LogP contribution < -0.4 is 0 Å². The highest BCUT2D eigenvalue weighted by Gasteiger charge is 2.27. The Kier molecular flexibility index (Phi) is 7.78. The van der Waals surface area contributed by atoms with Crippen LogP contribution in [0.3, 0.4) is 0 Å². The van der Waals surface area contributed by atoms with E-state index in [1.165, 1.54) is 11.1 Å². The minimum Gasteiger partial charge on any atom is -0.461 e. The number of aryl methyl sites for hydroxylation is 2. The second kappa shape index (κ2) is 11.1. The summed E-state index contributed by atoms with van der Waals surface area (Å²) < 4.78 is 7.17. The number of carbonyl (C=O) groups is 2. The molecule has 0 saturated carbocycles. The molecule has 1 fully saturated rings. The first-order valence-corrected chi connectivity index (χ1v) is 12.3. The molecule has 2 heterocycles. The van der Waals surface area contributed by atoms with Crippen molar-refractivity contribution in [2.24, 2.45) is 0 Å². The number of nitrogens with zero attached hydrogens (tertiary/aromatic N) is 3. The van der Waals surface area contributed by atoms with Crippen molar-refractivity contribution >= 4 is 11.9 Å². The van der Waals surface area contributed by atoms with Gasteiger partial charge in [0, 0.05) is 19.5 Å². The van der Waals surface area contributed by atoms with Crippen molar-refractivity contribution in [1.29, 1.82) is 0 Å². The van der Waals surface area contributed by atoms with E-state index < -0.39 is 5.97 Å². The molecule has 0 unspecified atom stereocenters. The van der Waals surface area contributed by atoms with E-state index in [1.807, 2.05) is 33.8 Å². The Labute approximate surface area is 201 Å². The van der Waals surface area contributed by atoms with Crippen LogP contribution in [0.5, 0.6) is 0 Å². The Balaban J connectivity index is 1.46. The maximum absolute atomic E-state index is 12.8. The van der Waals surface area contributed by atoms with Gasteiger partial charge in [0.05, 0.1) is 18.3 Å². The topological polar surface area (TPSA) is 64.4 Å². The highest BCUT2D eigenvalue weighted by molar-refractivity contribution is 5.88. The predicted molar refractivity (Wildman–Crippen MR) is 133 cm³/mol. The lowest BCUT2D eigenvalue weighted by molar-refractivity contribution is -0.132. The summed E-state index contributed by atoms with van der Waals surface area (Å²) in [5.41, 5.74) is 4.73. The molecule has 0 aliphatic carbocycles. The molecule has 3 aromatic rings. The zero-order valence-corrected chi connectivity index (χ0v) is 20.1. The number of esters is 1. The van der Waals surface area contributed by atoms with Gasteiger partial charge >= 0.3 is 5.97 Å². The van der Waals surface area contributed by atoms with Crippen LogP contribution in [-0.2, 0) is 22.4 Å². The van der Waals surface area contributed by atoms with E-state index in [0.717, 1.165) is 36.9 Å². The number of rotatable bonds is 8. The Hall–Kier alpha value is -3.41. The number of likely N-dealkylation sites (tertiary alicyclic amines) is 1. The van der Waals surface area contributed by atoms with Crippen molar-refractivity contribution in [3.8, 4) is 11.3 Å². The van der Waals surface area contributed by atoms with E-state index >= 15 is 0 Å². The first-order valence-electron chi connectivity index (χ1n) is 12.3. The number of aromatic nitrogens is 2. The van der Waals surface area contributed by atoms with Crippen molar-refractivity contribution < 1.29 is 14.3 Å². The third-order valence-electron chi connectivity index (χ3n) is 6.51. The lowest BCUT2D eigenvalue weighted by Crippen LogP contribution is -2.39. The van der Waals surface area contributed by atoms with Crippen LogP contribution >= 0.6 is 0 Å². The Morgan fingerprint density at radius 2 is 1.68 bits per heavy atom. The van der Waals surface area contributed by atoms with Crippen molar-refractivity contribution in [3.05, 3.63) is 77.5 Å². The van der Waals surface area contributed by atoms with Crippen LogP contribution in [-0.4, -0.2) is 46.3 Å². The molecule has 1 aromatic heterocycles. The van der Waals surface area contributed by atoms with Gasteiger partial charge in [-0.05, 0) is 55.4 Å². The second-order valence-electron chi connectivity index (χ2n) is 8.73. The number of amides is 1. The molecular formula is C28H33N3O3. The molecule has 2 aromatic carbocycles. The van der Waals surface area contributed by atoms with Crippen LogP contribution in [0, 0.1) is 0 Å². The van der Waals surface area contributed by atoms with Crippen LogP contribution in [0.15, 0.2) is 60.7 Å². The van der Waals surface area contributed by atoms with E-state index in [4.69, 9.17) is 4.74 Å². The van der Waals surface area contributed by atoms with Gasteiger partial charge in [-0.15, -0.1) is 0 Å². The standard InChI is InChI=1S/C28H33N3O3/c1-3-21-10-13-23(14-11-21)26-20-25(28(33)34-4-2)29-31(26)24-16-18-30(19-17-24)27(32)15-12-22-8-6-5-7-9-22/h5-11,13-14,20,24H,3-4,12,15-19H2,1-2H3. The summed E-state index contributed by atoms with van der Waals surface area (Å²) in [7, 11) is 0. The van der Waals surface area contributed by atoms with Gasteiger partial charge in [0.1, 0.15) is 0 Å². The van der Waals surface area contributed by atoms with Gasteiger partial charge in [-0.25, -0.2) is 4.79 Å². The Bertz CT molecular complexity index is 1100. The smallest absolute Gasteiger partial charge is 0.358 e. The quantitative estimate of drug-likeness (QED) is 0.441. The van der Waals surface area contributed by atoms with Gasteiger partial charge in [0.25, 0.3) is 0 Å². The maximum atomic E-state index is 12.8. The fourth-order valence-electron chi connectivity index (χ4n) is 4.52. The molecule has 0 atom stereocenters. The number of ether oxygens (including phenoxy) is 1. The van der Waals surface area contributed by atoms with Gasteiger partial charge in [-0.2, -0.15) is 5.10 Å². The van der Waals surface area contributed by atoms with Gasteiger partial charge in [-0.1, -0.05) is 61.5 Å². The van der Waals surface area contributed by atoms with Crippen LogP contribution in [0.25, 0.3) is 11.3 Å². The largest absolute Gasteiger partial charge is 0.461 e. The zero-order chi connectivity index (χ0) is 23.9. The van der Waals surface area contributed by atoms with Gasteiger partial charge in [0.2, 0.25) is 5.91 Å². The highest BCUT2D eigenvalue weighted by atomic mass is 16.5. The molecule has 4 rings (SSSR count). The molecule has 1 aliphatic rings. The van der Waals surface area contributed by atoms with E-state index in [1.54, 1.807) is 6.92 Å². The summed E-state index contributed by atoms with van der Waals surface area (Å²) in [6.07, 6.45) is 3.88. The number of benzene rings is 2. The number of hydrogen-bond acceptors (Lipinski definition) is 4. The Morgan fingerprint density at radius 3 is 2.32 bits per heavy atom. The van der Waals surface area contributed by atoms with Crippen LogP contribution in [0.4, 0.5) is 0 Å². The SMILES string of the molecule is CCOC(=O)c1cc(-c2ccc(CC)cc2)n(C2CCN(C(=O)CCc3ccccc3)CC2)n1. The van der Waals surface area contributed by atoms with Gasteiger partial charge in [0.15, 0.2) is 5.69 Å². The number of hydrogen-bond donors (Lipinski definition) is 0. The summed E-state index contributed by atoms with van der Waals surface area (Å²) in [5, 5.41) is 4.66. The first kappa shape index (κ1) is 23.7. The molecule has 0 radical (unpaired) electrons. The minimum atomic E-state index is -0.402. The molecule has 0 bridgehead atoms. The summed E-state index contributed by atoms with van der Waals surface area (Å²) in [4.78, 5) is 27.1. The molecule has 1 amide bonds. The first-order chi connectivity index (χ1) is 16.6. The highest BCUT2D eigenvalue weighted by Crippen LogP contribution is 2.30. The minimum absolute atomic E-state index is 0.127. The van der Waals surface area contributed by atoms with Crippen LogP contribution in [0.2, 0.25) is 0 Å². The summed E-state index contributed by atoms with van der Waals surface area (Å²) >= 11 is 0. The van der Waals surface area contributed by atoms with Crippen molar-refractivity contribution in [1.82, 2.24) is 14.7 Å².